The molecule has 0 spiro atoms. The Morgan fingerprint density at radius 1 is 1.18 bits per heavy atom. The van der Waals surface area contributed by atoms with Gasteiger partial charge in [0, 0.05) is 29.8 Å². The van der Waals surface area contributed by atoms with E-state index in [0.717, 1.165) is 46.5 Å². The molecule has 28 heavy (non-hydrogen) atoms. The SMILES string of the molecule is COc1c(C)cnc(CN(C)C(=O)Nc2ccc3c4c(cccc24)CC3)c1C. The number of ether oxygens (including phenoxy) is 1. The van der Waals surface area contributed by atoms with Gasteiger partial charge in [-0.3, -0.25) is 4.98 Å². The molecule has 3 aromatic rings. The summed E-state index contributed by atoms with van der Waals surface area (Å²) in [6.45, 7) is 4.35. The fraction of sp³-hybridized carbons (Fsp3) is 0.304. The molecule has 1 aromatic heterocycles. The van der Waals surface area contributed by atoms with E-state index in [2.05, 4.69) is 34.6 Å². The molecule has 0 atom stereocenters. The van der Waals surface area contributed by atoms with E-state index in [9.17, 15) is 4.79 Å². The summed E-state index contributed by atoms with van der Waals surface area (Å²) in [4.78, 5) is 19.0. The van der Waals surface area contributed by atoms with Gasteiger partial charge < -0.3 is 15.0 Å². The Morgan fingerprint density at radius 2 is 1.93 bits per heavy atom. The average molecular weight is 375 g/mol. The zero-order valence-electron chi connectivity index (χ0n) is 16.8. The number of hydrogen-bond donors (Lipinski definition) is 1. The van der Waals surface area contributed by atoms with E-state index in [1.54, 1.807) is 25.3 Å². The summed E-state index contributed by atoms with van der Waals surface area (Å²) in [5.41, 5.74) is 6.37. The van der Waals surface area contributed by atoms with Crippen molar-refractivity contribution in [3.8, 4) is 5.75 Å². The van der Waals surface area contributed by atoms with Crippen LogP contribution < -0.4 is 10.1 Å². The Labute approximate surface area is 165 Å². The van der Waals surface area contributed by atoms with Crippen molar-refractivity contribution in [2.75, 3.05) is 19.5 Å². The van der Waals surface area contributed by atoms with Crippen LogP contribution in [0.3, 0.4) is 0 Å². The molecule has 144 valence electrons. The first-order valence-corrected chi connectivity index (χ1v) is 9.54. The lowest BCUT2D eigenvalue weighted by molar-refractivity contribution is 0.220. The predicted molar refractivity (Wildman–Crippen MR) is 112 cm³/mol. The lowest BCUT2D eigenvalue weighted by atomic mass is 10.0. The van der Waals surface area contributed by atoms with Crippen molar-refractivity contribution >= 4 is 22.5 Å². The van der Waals surface area contributed by atoms with Gasteiger partial charge in [-0.2, -0.15) is 0 Å². The average Bonchev–Trinajstić information content (AvgIpc) is 3.11. The first-order valence-electron chi connectivity index (χ1n) is 9.54. The largest absolute Gasteiger partial charge is 0.496 e. The summed E-state index contributed by atoms with van der Waals surface area (Å²) in [7, 11) is 3.44. The molecule has 1 heterocycles. The van der Waals surface area contributed by atoms with Crippen molar-refractivity contribution < 1.29 is 9.53 Å². The van der Waals surface area contributed by atoms with Crippen molar-refractivity contribution in [3.05, 3.63) is 64.5 Å². The molecule has 0 aliphatic heterocycles. The minimum absolute atomic E-state index is 0.153. The summed E-state index contributed by atoms with van der Waals surface area (Å²) in [5.74, 6) is 0.825. The van der Waals surface area contributed by atoms with Crippen molar-refractivity contribution in [3.63, 3.8) is 0 Å². The zero-order valence-corrected chi connectivity index (χ0v) is 16.8. The number of amides is 2. The summed E-state index contributed by atoms with van der Waals surface area (Å²) < 4.78 is 5.47. The molecule has 4 rings (SSSR count). The van der Waals surface area contributed by atoms with Gasteiger partial charge in [-0.05, 0) is 49.3 Å². The van der Waals surface area contributed by atoms with E-state index < -0.39 is 0 Å². The summed E-state index contributed by atoms with van der Waals surface area (Å²) in [6.07, 6.45) is 3.94. The number of nitrogens with zero attached hydrogens (tertiary/aromatic N) is 2. The fourth-order valence-electron chi connectivity index (χ4n) is 4.09. The molecule has 1 aliphatic rings. The summed E-state index contributed by atoms with van der Waals surface area (Å²) >= 11 is 0. The van der Waals surface area contributed by atoms with E-state index in [4.69, 9.17) is 4.74 Å². The number of aromatic nitrogens is 1. The second kappa shape index (κ2) is 7.15. The molecule has 0 fully saturated rings. The molecule has 5 heteroatoms. The first-order chi connectivity index (χ1) is 13.5. The third-order valence-corrected chi connectivity index (χ3v) is 5.60. The second-order valence-corrected chi connectivity index (χ2v) is 7.44. The maximum Gasteiger partial charge on any atom is 0.321 e. The van der Waals surface area contributed by atoms with Crippen LogP contribution in [0.5, 0.6) is 5.75 Å². The number of nitrogens with one attached hydrogen (secondary N) is 1. The molecule has 0 saturated heterocycles. The molecule has 1 aliphatic carbocycles. The highest BCUT2D eigenvalue weighted by Gasteiger charge is 2.19. The Morgan fingerprint density at radius 3 is 2.68 bits per heavy atom. The van der Waals surface area contributed by atoms with Crippen LogP contribution in [-0.2, 0) is 19.4 Å². The van der Waals surface area contributed by atoms with E-state index in [-0.39, 0.29) is 6.03 Å². The maximum absolute atomic E-state index is 12.8. The third kappa shape index (κ3) is 3.07. The van der Waals surface area contributed by atoms with E-state index >= 15 is 0 Å². The zero-order chi connectivity index (χ0) is 19.8. The van der Waals surface area contributed by atoms with E-state index in [1.807, 2.05) is 19.9 Å². The fourth-order valence-corrected chi connectivity index (χ4v) is 4.09. The Kier molecular flexibility index (Phi) is 4.67. The smallest absolute Gasteiger partial charge is 0.321 e. The maximum atomic E-state index is 12.8. The van der Waals surface area contributed by atoms with Gasteiger partial charge in [-0.1, -0.05) is 24.3 Å². The number of carbonyl (C=O) groups excluding carboxylic acids is 1. The van der Waals surface area contributed by atoms with Gasteiger partial charge in [-0.25, -0.2) is 4.79 Å². The topological polar surface area (TPSA) is 54.5 Å². The number of benzene rings is 2. The van der Waals surface area contributed by atoms with Gasteiger partial charge in [0.2, 0.25) is 0 Å². The van der Waals surface area contributed by atoms with Crippen molar-refractivity contribution in [1.82, 2.24) is 9.88 Å². The first kappa shape index (κ1) is 18.3. The molecule has 0 radical (unpaired) electrons. The van der Waals surface area contributed by atoms with Crippen LogP contribution in [0.4, 0.5) is 10.5 Å². The molecule has 5 nitrogen and oxygen atoms in total. The number of rotatable bonds is 4. The minimum atomic E-state index is -0.153. The summed E-state index contributed by atoms with van der Waals surface area (Å²) in [6, 6.07) is 10.3. The van der Waals surface area contributed by atoms with Crippen LogP contribution >= 0.6 is 0 Å². The van der Waals surface area contributed by atoms with Crippen LogP contribution in [0, 0.1) is 13.8 Å². The van der Waals surface area contributed by atoms with Gasteiger partial charge in [-0.15, -0.1) is 0 Å². The normalized spacial score (nSPS) is 12.3. The highest BCUT2D eigenvalue weighted by Crippen LogP contribution is 2.35. The molecular formula is C23H25N3O2. The Balaban J connectivity index is 1.56. The quantitative estimate of drug-likeness (QED) is 0.724. The monoisotopic (exact) mass is 375 g/mol. The van der Waals surface area contributed by atoms with Crippen molar-refractivity contribution in [2.24, 2.45) is 0 Å². The van der Waals surface area contributed by atoms with Crippen LogP contribution in [0.2, 0.25) is 0 Å². The minimum Gasteiger partial charge on any atom is -0.496 e. The number of pyridine rings is 1. The number of methoxy groups -OCH3 is 1. The number of urea groups is 1. The second-order valence-electron chi connectivity index (χ2n) is 7.44. The van der Waals surface area contributed by atoms with Gasteiger partial charge in [0.25, 0.3) is 0 Å². The number of aryl methyl sites for hydroxylation is 3. The number of carbonyl (C=O) groups is 1. The highest BCUT2D eigenvalue weighted by molar-refractivity contribution is 6.04. The van der Waals surface area contributed by atoms with Crippen LogP contribution in [0.15, 0.2) is 36.5 Å². The molecule has 0 bridgehead atoms. The van der Waals surface area contributed by atoms with Gasteiger partial charge >= 0.3 is 6.03 Å². The van der Waals surface area contributed by atoms with Gasteiger partial charge in [0.15, 0.2) is 0 Å². The summed E-state index contributed by atoms with van der Waals surface area (Å²) in [5, 5.41) is 5.48. The van der Waals surface area contributed by atoms with Crippen molar-refractivity contribution in [2.45, 2.75) is 33.2 Å². The molecule has 0 saturated carbocycles. The van der Waals surface area contributed by atoms with Crippen LogP contribution in [0.25, 0.3) is 10.8 Å². The molecule has 2 amide bonds. The number of hydrogen-bond acceptors (Lipinski definition) is 3. The van der Waals surface area contributed by atoms with E-state index in [0.29, 0.717) is 6.54 Å². The lowest BCUT2D eigenvalue weighted by Crippen LogP contribution is -2.31. The molecule has 2 aromatic carbocycles. The van der Waals surface area contributed by atoms with Gasteiger partial charge in [0.05, 0.1) is 25.0 Å². The van der Waals surface area contributed by atoms with Crippen LogP contribution in [-0.4, -0.2) is 30.1 Å². The van der Waals surface area contributed by atoms with Gasteiger partial charge in [0.1, 0.15) is 5.75 Å². The predicted octanol–water partition coefficient (Wildman–Crippen LogP) is 4.62. The Hall–Kier alpha value is -3.08. The third-order valence-electron chi connectivity index (χ3n) is 5.60. The highest BCUT2D eigenvalue weighted by atomic mass is 16.5. The Bertz CT molecular complexity index is 1060. The molecule has 1 N–H and O–H groups in total. The van der Waals surface area contributed by atoms with E-state index in [1.165, 1.54) is 16.5 Å². The standard InChI is InChI=1S/C23H25N3O2/c1-14-12-24-20(15(2)22(14)28-4)13-26(3)23(27)25-19-11-10-17-9-8-16-6-5-7-18(19)21(16)17/h5-7,10-12H,8-9,13H2,1-4H3,(H,25,27). The molecular weight excluding hydrogens is 350 g/mol. The van der Waals surface area contributed by atoms with Crippen LogP contribution in [0.1, 0.15) is 27.9 Å². The lowest BCUT2D eigenvalue weighted by Gasteiger charge is -2.20. The van der Waals surface area contributed by atoms with Crippen molar-refractivity contribution in [1.29, 1.82) is 0 Å². The number of anilines is 1. The molecule has 0 unspecified atom stereocenters.